The van der Waals surface area contributed by atoms with Gasteiger partial charge in [-0.25, -0.2) is 0 Å². The predicted octanol–water partition coefficient (Wildman–Crippen LogP) is 9.02. The topological polar surface area (TPSA) is 36.9 Å². The van der Waals surface area contributed by atoms with Gasteiger partial charge in [-0.15, -0.1) is 0 Å². The summed E-state index contributed by atoms with van der Waals surface area (Å²) in [6.45, 7) is -2.26. The van der Waals surface area contributed by atoms with Gasteiger partial charge in [-0.3, -0.25) is 0 Å². The van der Waals surface area contributed by atoms with Crippen LogP contribution in [-0.2, 0) is 15.1 Å². The van der Waals surface area contributed by atoms with Crippen LogP contribution in [0.3, 0.4) is 0 Å². The summed E-state index contributed by atoms with van der Waals surface area (Å²) in [5, 5.41) is 0. The first-order valence-corrected chi connectivity index (χ1v) is 16.0. The quantitative estimate of drug-likeness (QED) is 0.0699. The van der Waals surface area contributed by atoms with E-state index in [1.54, 1.807) is 0 Å². The summed E-state index contributed by atoms with van der Waals surface area (Å²) < 4.78 is 152. The highest BCUT2D eigenvalue weighted by Gasteiger charge is 2.73. The van der Waals surface area contributed by atoms with Crippen LogP contribution in [-0.4, -0.2) is 47.0 Å². The Morgan fingerprint density at radius 1 is 0.750 bits per heavy atom. The molecule has 16 heteroatoms. The van der Waals surface area contributed by atoms with E-state index in [4.69, 9.17) is 4.74 Å². The number of rotatable bonds is 13. The van der Waals surface area contributed by atoms with Crippen LogP contribution in [0.5, 0.6) is 11.5 Å². The van der Waals surface area contributed by atoms with Crippen molar-refractivity contribution in [2.24, 2.45) is 0 Å². The smallest absolute Gasteiger partial charge is 0.430 e. The van der Waals surface area contributed by atoms with Crippen molar-refractivity contribution in [1.29, 1.82) is 0 Å². The fraction of sp³-hybridized carbons (Fsp3) is 0.500. The number of ether oxygens (including phenoxy) is 4. The van der Waals surface area contributed by atoms with Crippen LogP contribution >= 0.6 is 15.9 Å². The van der Waals surface area contributed by atoms with Crippen LogP contribution in [0.4, 0.5) is 43.9 Å². The van der Waals surface area contributed by atoms with Gasteiger partial charge < -0.3 is 18.9 Å². The average molecular weight is 675 g/mol. The van der Waals surface area contributed by atoms with Gasteiger partial charge in [0.05, 0.1) is 4.83 Å². The van der Waals surface area contributed by atoms with Crippen LogP contribution < -0.4 is 9.47 Å². The minimum absolute atomic E-state index is 0.0792. The Kier molecular flexibility index (Phi) is 11.4. The minimum atomic E-state index is -5.93. The third kappa shape index (κ3) is 8.73. The largest absolute Gasteiger partial charge is 0.431 e. The summed E-state index contributed by atoms with van der Waals surface area (Å²) in [7, 11) is -1.67. The van der Waals surface area contributed by atoms with E-state index in [0.29, 0.717) is 18.2 Å². The van der Waals surface area contributed by atoms with Gasteiger partial charge in [0.1, 0.15) is 6.79 Å². The fourth-order valence-electron chi connectivity index (χ4n) is 3.45. The summed E-state index contributed by atoms with van der Waals surface area (Å²) in [5.41, 5.74) is -5.78. The SMILES string of the molecule is C[Si](C)(C)CCOCOC(c1ccc(C(Br)c2ccc(OC(F)F)c(OC(F)F)c2)cc1)(C(F)(F)F)C(F)(F)F. The molecule has 0 N–H and O–H groups in total. The highest BCUT2D eigenvalue weighted by atomic mass is 79.9. The van der Waals surface area contributed by atoms with E-state index < -0.39 is 67.9 Å². The summed E-state index contributed by atoms with van der Waals surface area (Å²) in [6.07, 6.45) is -11.9. The molecule has 0 saturated carbocycles. The lowest BCUT2D eigenvalue weighted by atomic mass is 9.90. The Balaban J connectivity index is 2.40. The van der Waals surface area contributed by atoms with Crippen molar-refractivity contribution in [2.45, 2.75) is 61.7 Å². The lowest BCUT2D eigenvalue weighted by molar-refractivity contribution is -0.401. The second-order valence-electron chi connectivity index (χ2n) is 9.61. The van der Waals surface area contributed by atoms with Crippen LogP contribution in [0.25, 0.3) is 0 Å². The van der Waals surface area contributed by atoms with Crippen LogP contribution in [0.15, 0.2) is 42.5 Å². The molecule has 4 nitrogen and oxygen atoms in total. The number of halogens is 11. The Morgan fingerprint density at radius 2 is 1.25 bits per heavy atom. The van der Waals surface area contributed by atoms with Crippen LogP contribution in [0.1, 0.15) is 21.5 Å². The Bertz CT molecular complexity index is 1080. The average Bonchev–Trinajstić information content (AvgIpc) is 2.79. The molecule has 0 aliphatic heterocycles. The van der Waals surface area contributed by atoms with Gasteiger partial charge >= 0.3 is 25.6 Å². The van der Waals surface area contributed by atoms with Crippen LogP contribution in [0.2, 0.25) is 25.7 Å². The van der Waals surface area contributed by atoms with Gasteiger partial charge in [-0.1, -0.05) is 65.9 Å². The first kappa shape index (κ1) is 34.2. The number of hydrogen-bond donors (Lipinski definition) is 0. The zero-order valence-electron chi connectivity index (χ0n) is 21.2. The number of alkyl halides is 11. The van der Waals surface area contributed by atoms with E-state index in [0.717, 1.165) is 24.3 Å². The van der Waals surface area contributed by atoms with Crippen molar-refractivity contribution in [3.63, 3.8) is 0 Å². The molecule has 0 aliphatic rings. The van der Waals surface area contributed by atoms with Crippen LogP contribution in [0, 0.1) is 0 Å². The molecule has 1 atom stereocenters. The molecule has 2 aromatic rings. The van der Waals surface area contributed by atoms with Crippen molar-refractivity contribution in [1.82, 2.24) is 0 Å². The first-order chi connectivity index (χ1) is 18.3. The summed E-state index contributed by atoms with van der Waals surface area (Å²) >= 11 is 3.17. The molecule has 0 saturated heterocycles. The van der Waals surface area contributed by atoms with E-state index in [1.165, 1.54) is 6.07 Å². The van der Waals surface area contributed by atoms with Gasteiger partial charge in [0.25, 0.3) is 5.60 Å². The van der Waals surface area contributed by atoms with E-state index in [1.807, 2.05) is 19.6 Å². The zero-order chi connectivity index (χ0) is 30.5. The monoisotopic (exact) mass is 674 g/mol. The third-order valence-corrected chi connectivity index (χ3v) is 8.22. The van der Waals surface area contributed by atoms with E-state index in [2.05, 4.69) is 30.1 Å². The van der Waals surface area contributed by atoms with Gasteiger partial charge in [0.15, 0.2) is 11.5 Å². The molecule has 0 bridgehead atoms. The minimum Gasteiger partial charge on any atom is -0.431 e. The molecule has 226 valence electrons. The Labute approximate surface area is 232 Å². The standard InChI is InChI=1S/C24H25BrF10O4Si/c1-40(2,3)11-10-36-13-37-22(23(30,31)32,24(33,34)35)16-7-4-14(5-8-16)19(25)15-6-9-17(38-20(26)27)18(12-15)39-21(28)29/h4-9,12,19-21H,10-11,13H2,1-3H3. The molecule has 0 spiro atoms. The fourth-order valence-corrected chi connectivity index (χ4v) is 4.79. The highest BCUT2D eigenvalue weighted by Crippen LogP contribution is 2.53. The Hall–Kier alpha value is -2.04. The molecule has 0 aromatic heterocycles. The van der Waals surface area contributed by atoms with Gasteiger partial charge in [0, 0.05) is 20.2 Å². The molecule has 0 heterocycles. The molecular formula is C24H25BrF10O4Si. The molecular weight excluding hydrogens is 650 g/mol. The lowest BCUT2D eigenvalue weighted by Crippen LogP contribution is -2.56. The molecule has 0 fully saturated rings. The first-order valence-electron chi connectivity index (χ1n) is 11.4. The maximum absolute atomic E-state index is 14.0. The highest BCUT2D eigenvalue weighted by molar-refractivity contribution is 9.09. The number of hydrogen-bond acceptors (Lipinski definition) is 4. The van der Waals surface area contributed by atoms with Crippen molar-refractivity contribution in [3.8, 4) is 11.5 Å². The second-order valence-corrected chi connectivity index (χ2v) is 16.1. The predicted molar refractivity (Wildman–Crippen MR) is 131 cm³/mol. The van der Waals surface area contributed by atoms with Crippen molar-refractivity contribution in [2.75, 3.05) is 13.4 Å². The maximum atomic E-state index is 14.0. The second kappa shape index (κ2) is 13.3. The summed E-state index contributed by atoms with van der Waals surface area (Å²) in [6, 6.07) is 6.47. The van der Waals surface area contributed by atoms with Gasteiger partial charge in [-0.2, -0.15) is 43.9 Å². The van der Waals surface area contributed by atoms with E-state index in [-0.39, 0.29) is 17.7 Å². The molecule has 2 rings (SSSR count). The van der Waals surface area contributed by atoms with Crippen molar-refractivity contribution < 1.29 is 62.9 Å². The van der Waals surface area contributed by atoms with Crippen molar-refractivity contribution >= 4 is 24.0 Å². The lowest BCUT2D eigenvalue weighted by Gasteiger charge is -2.37. The summed E-state index contributed by atoms with van der Waals surface area (Å²) in [4.78, 5) is -0.987. The number of benzene rings is 2. The normalized spacial score (nSPS) is 14.1. The molecule has 0 radical (unpaired) electrons. The third-order valence-electron chi connectivity index (χ3n) is 5.46. The maximum Gasteiger partial charge on any atom is 0.430 e. The van der Waals surface area contributed by atoms with Gasteiger partial charge in [-0.05, 0) is 29.3 Å². The van der Waals surface area contributed by atoms with Gasteiger partial charge in [0.2, 0.25) is 0 Å². The van der Waals surface area contributed by atoms with E-state index >= 15 is 0 Å². The van der Waals surface area contributed by atoms with E-state index in [9.17, 15) is 43.9 Å². The van der Waals surface area contributed by atoms with Crippen molar-refractivity contribution in [3.05, 3.63) is 59.2 Å². The zero-order valence-corrected chi connectivity index (χ0v) is 23.8. The molecule has 40 heavy (non-hydrogen) atoms. The Morgan fingerprint density at radius 3 is 1.73 bits per heavy atom. The molecule has 0 aliphatic carbocycles. The molecule has 1 unspecified atom stereocenters. The molecule has 2 aromatic carbocycles. The summed E-state index contributed by atoms with van der Waals surface area (Å²) in [5.74, 6) is -1.47. The molecule has 0 amide bonds.